The van der Waals surface area contributed by atoms with Gasteiger partial charge in [0.05, 0.1) is 4.75 Å². The maximum absolute atomic E-state index is 11.6. The van der Waals surface area contributed by atoms with Crippen LogP contribution in [0.1, 0.15) is 33.1 Å². The molecule has 0 spiro atoms. The van der Waals surface area contributed by atoms with Crippen LogP contribution in [0.25, 0.3) is 0 Å². The molecular weight excluding hydrogens is 170 g/mol. The molecule has 1 unspecified atom stereocenters. The van der Waals surface area contributed by atoms with E-state index in [1.165, 1.54) is 6.42 Å². The minimum absolute atomic E-state index is 0.130. The van der Waals surface area contributed by atoms with Crippen LogP contribution in [-0.2, 0) is 4.79 Å². The van der Waals surface area contributed by atoms with Crippen LogP contribution in [0.15, 0.2) is 0 Å². The molecule has 0 aromatic heterocycles. The van der Waals surface area contributed by atoms with Gasteiger partial charge in [0.2, 0.25) is 5.91 Å². The minimum Gasteiger partial charge on any atom is -0.355 e. The number of hydrogen-bond acceptors (Lipinski definition) is 2. The van der Waals surface area contributed by atoms with E-state index in [9.17, 15) is 4.79 Å². The maximum Gasteiger partial charge on any atom is 0.235 e. The molecule has 1 heterocycles. The molecule has 3 heteroatoms. The summed E-state index contributed by atoms with van der Waals surface area (Å²) in [6.07, 6.45) is 3.24. The highest BCUT2D eigenvalue weighted by Gasteiger charge is 2.36. The largest absolute Gasteiger partial charge is 0.355 e. The zero-order valence-corrected chi connectivity index (χ0v) is 8.67. The molecule has 1 N–H and O–H groups in total. The Bertz CT molecular complexity index is 164. The molecule has 0 saturated carbocycles. The van der Waals surface area contributed by atoms with Crippen molar-refractivity contribution in [2.75, 3.05) is 12.3 Å². The van der Waals surface area contributed by atoms with Gasteiger partial charge in [0, 0.05) is 6.54 Å². The topological polar surface area (TPSA) is 29.1 Å². The first-order valence-electron chi connectivity index (χ1n) is 4.61. The summed E-state index contributed by atoms with van der Waals surface area (Å²) >= 11 is 1.79. The average Bonchev–Trinajstić information content (AvgIpc) is 2.49. The molecule has 1 amide bonds. The molecule has 12 heavy (non-hydrogen) atoms. The fourth-order valence-corrected chi connectivity index (χ4v) is 2.61. The van der Waals surface area contributed by atoms with Crippen molar-refractivity contribution in [3.05, 3.63) is 0 Å². The molecule has 0 aromatic rings. The molecule has 1 fully saturated rings. The van der Waals surface area contributed by atoms with E-state index in [1.54, 1.807) is 11.8 Å². The molecule has 1 rings (SSSR count). The number of carbonyl (C=O) groups is 1. The molecule has 1 atom stereocenters. The van der Waals surface area contributed by atoms with Gasteiger partial charge in [0.1, 0.15) is 0 Å². The number of thioether (sulfide) groups is 1. The molecule has 1 aliphatic rings. The van der Waals surface area contributed by atoms with Gasteiger partial charge in [0.25, 0.3) is 0 Å². The first-order chi connectivity index (χ1) is 5.69. The third kappa shape index (κ3) is 2.16. The summed E-state index contributed by atoms with van der Waals surface area (Å²) in [5.74, 6) is 1.36. The standard InChI is InChI=1S/C9H17NOS/c1-3-6-10-8(11)9(2)5-4-7-12-9/h3-7H2,1-2H3,(H,10,11). The molecule has 70 valence electrons. The molecule has 2 nitrogen and oxygen atoms in total. The lowest BCUT2D eigenvalue weighted by Crippen LogP contribution is -2.40. The van der Waals surface area contributed by atoms with E-state index in [0.717, 1.165) is 25.1 Å². The van der Waals surface area contributed by atoms with Crippen molar-refractivity contribution in [2.24, 2.45) is 0 Å². The van der Waals surface area contributed by atoms with Crippen LogP contribution in [-0.4, -0.2) is 23.0 Å². The lowest BCUT2D eigenvalue weighted by molar-refractivity contribution is -0.123. The van der Waals surface area contributed by atoms with E-state index in [0.29, 0.717) is 0 Å². The normalized spacial score (nSPS) is 28.8. The quantitative estimate of drug-likeness (QED) is 0.730. The van der Waals surface area contributed by atoms with Crippen LogP contribution >= 0.6 is 11.8 Å². The van der Waals surface area contributed by atoms with E-state index in [2.05, 4.69) is 19.2 Å². The number of hydrogen-bond donors (Lipinski definition) is 1. The Labute approximate surface area is 78.5 Å². The second kappa shape index (κ2) is 4.17. The Hall–Kier alpha value is -0.180. The van der Waals surface area contributed by atoms with E-state index in [1.807, 2.05) is 0 Å². The predicted octanol–water partition coefficient (Wildman–Crippen LogP) is 1.80. The van der Waals surface area contributed by atoms with Gasteiger partial charge in [-0.25, -0.2) is 0 Å². The van der Waals surface area contributed by atoms with E-state index >= 15 is 0 Å². The fourth-order valence-electron chi connectivity index (χ4n) is 1.38. The summed E-state index contributed by atoms with van der Waals surface area (Å²) in [6, 6.07) is 0. The van der Waals surface area contributed by atoms with Gasteiger partial charge >= 0.3 is 0 Å². The second-order valence-electron chi connectivity index (χ2n) is 3.44. The molecule has 0 aliphatic carbocycles. The van der Waals surface area contributed by atoms with Gasteiger partial charge in [0.15, 0.2) is 0 Å². The summed E-state index contributed by atoms with van der Waals surface area (Å²) in [5, 5.41) is 2.96. The lowest BCUT2D eigenvalue weighted by atomic mass is 10.1. The molecule has 0 aromatic carbocycles. The van der Waals surface area contributed by atoms with Crippen molar-refractivity contribution in [3.63, 3.8) is 0 Å². The molecular formula is C9H17NOS. The summed E-state index contributed by atoms with van der Waals surface area (Å²) in [6.45, 7) is 4.94. The Balaban J connectivity index is 2.39. The highest BCUT2D eigenvalue weighted by atomic mass is 32.2. The maximum atomic E-state index is 11.6. The zero-order valence-electron chi connectivity index (χ0n) is 7.85. The summed E-state index contributed by atoms with van der Waals surface area (Å²) in [7, 11) is 0. The second-order valence-corrected chi connectivity index (χ2v) is 5.04. The zero-order chi connectivity index (χ0) is 9.03. The SMILES string of the molecule is CCCNC(=O)C1(C)CCCS1. The summed E-state index contributed by atoms with van der Waals surface area (Å²) < 4.78 is -0.130. The predicted molar refractivity (Wildman–Crippen MR) is 53.4 cm³/mol. The van der Waals surface area contributed by atoms with Gasteiger partial charge < -0.3 is 5.32 Å². The number of carbonyl (C=O) groups excluding carboxylic acids is 1. The van der Waals surface area contributed by atoms with Gasteiger partial charge in [-0.1, -0.05) is 6.92 Å². The Morgan fingerprint density at radius 3 is 2.92 bits per heavy atom. The van der Waals surface area contributed by atoms with Gasteiger partial charge in [-0.2, -0.15) is 0 Å². The molecule has 1 saturated heterocycles. The Morgan fingerprint density at radius 1 is 1.67 bits per heavy atom. The minimum atomic E-state index is -0.130. The molecule has 0 radical (unpaired) electrons. The van der Waals surface area contributed by atoms with Crippen LogP contribution in [0, 0.1) is 0 Å². The van der Waals surface area contributed by atoms with Gasteiger partial charge in [-0.3, -0.25) is 4.79 Å². The number of nitrogens with one attached hydrogen (secondary N) is 1. The average molecular weight is 187 g/mol. The first-order valence-corrected chi connectivity index (χ1v) is 5.60. The van der Waals surface area contributed by atoms with Crippen LogP contribution in [0.4, 0.5) is 0 Å². The van der Waals surface area contributed by atoms with E-state index < -0.39 is 0 Å². The summed E-state index contributed by atoms with van der Waals surface area (Å²) in [5.41, 5.74) is 0. The van der Waals surface area contributed by atoms with Gasteiger partial charge in [-0.05, 0) is 31.9 Å². The van der Waals surface area contributed by atoms with Crippen LogP contribution in [0.3, 0.4) is 0 Å². The number of rotatable bonds is 3. The van der Waals surface area contributed by atoms with E-state index in [-0.39, 0.29) is 10.7 Å². The van der Waals surface area contributed by atoms with Crippen molar-refractivity contribution in [3.8, 4) is 0 Å². The van der Waals surface area contributed by atoms with Crippen molar-refractivity contribution >= 4 is 17.7 Å². The highest BCUT2D eigenvalue weighted by molar-refractivity contribution is 8.01. The van der Waals surface area contributed by atoms with Crippen LogP contribution < -0.4 is 5.32 Å². The fraction of sp³-hybridized carbons (Fsp3) is 0.889. The highest BCUT2D eigenvalue weighted by Crippen LogP contribution is 2.37. The first kappa shape index (κ1) is 9.90. The van der Waals surface area contributed by atoms with E-state index in [4.69, 9.17) is 0 Å². The Kier molecular flexibility index (Phi) is 3.44. The van der Waals surface area contributed by atoms with Gasteiger partial charge in [-0.15, -0.1) is 11.8 Å². The van der Waals surface area contributed by atoms with Crippen molar-refractivity contribution in [2.45, 2.75) is 37.9 Å². The smallest absolute Gasteiger partial charge is 0.235 e. The van der Waals surface area contributed by atoms with Crippen molar-refractivity contribution in [1.29, 1.82) is 0 Å². The number of amides is 1. The van der Waals surface area contributed by atoms with Crippen molar-refractivity contribution < 1.29 is 4.79 Å². The van der Waals surface area contributed by atoms with Crippen LogP contribution in [0.2, 0.25) is 0 Å². The Morgan fingerprint density at radius 2 is 2.42 bits per heavy atom. The molecule has 0 bridgehead atoms. The third-order valence-corrected chi connectivity index (χ3v) is 3.75. The monoisotopic (exact) mass is 187 g/mol. The van der Waals surface area contributed by atoms with Crippen LogP contribution in [0.5, 0.6) is 0 Å². The summed E-state index contributed by atoms with van der Waals surface area (Å²) in [4.78, 5) is 11.6. The lowest BCUT2D eigenvalue weighted by Gasteiger charge is -2.21. The molecule has 1 aliphatic heterocycles. The third-order valence-electron chi connectivity index (χ3n) is 2.23. The van der Waals surface area contributed by atoms with Crippen molar-refractivity contribution in [1.82, 2.24) is 5.32 Å².